The highest BCUT2D eigenvalue weighted by atomic mass is 35.5. The van der Waals surface area contributed by atoms with Crippen molar-refractivity contribution in [2.24, 2.45) is 0 Å². The van der Waals surface area contributed by atoms with Crippen molar-refractivity contribution >= 4 is 41.0 Å². The van der Waals surface area contributed by atoms with Crippen LogP contribution >= 0.6 is 23.2 Å². The Balaban J connectivity index is 1.73. The molecule has 1 amide bonds. The van der Waals surface area contributed by atoms with Crippen molar-refractivity contribution in [3.8, 4) is 0 Å². The molecule has 5 nitrogen and oxygen atoms in total. The van der Waals surface area contributed by atoms with Gasteiger partial charge in [-0.15, -0.1) is 0 Å². The molecule has 0 radical (unpaired) electrons. The van der Waals surface area contributed by atoms with Crippen LogP contribution in [0.2, 0.25) is 10.0 Å². The minimum absolute atomic E-state index is 0.0158. The van der Waals surface area contributed by atoms with Crippen molar-refractivity contribution in [1.29, 1.82) is 0 Å². The van der Waals surface area contributed by atoms with Crippen LogP contribution < -0.4 is 10.2 Å². The van der Waals surface area contributed by atoms with Gasteiger partial charge in [0.15, 0.2) is 0 Å². The lowest BCUT2D eigenvalue weighted by Gasteiger charge is -2.40. The first-order valence-corrected chi connectivity index (χ1v) is 9.66. The molecule has 0 saturated carbocycles. The van der Waals surface area contributed by atoms with Gasteiger partial charge in [0.1, 0.15) is 0 Å². The molecule has 1 heterocycles. The largest absolute Gasteiger partial charge is 0.394 e. The molecule has 1 aliphatic heterocycles. The number of piperazine rings is 1. The van der Waals surface area contributed by atoms with E-state index < -0.39 is 0 Å². The number of halogens is 2. The van der Waals surface area contributed by atoms with Crippen molar-refractivity contribution in [2.75, 3.05) is 36.5 Å². The van der Waals surface area contributed by atoms with Crippen LogP contribution in [0.5, 0.6) is 0 Å². The second-order valence-electron chi connectivity index (χ2n) is 6.71. The van der Waals surface area contributed by atoms with E-state index in [2.05, 4.69) is 16.3 Å². The second-order valence-corrected chi connectivity index (χ2v) is 7.55. The van der Waals surface area contributed by atoms with Crippen LogP contribution in [0.1, 0.15) is 18.5 Å². The molecule has 0 bridgehead atoms. The Hall–Kier alpha value is -1.95. The summed E-state index contributed by atoms with van der Waals surface area (Å²) in [6.07, 6.45) is 0.813. The fourth-order valence-corrected chi connectivity index (χ4v) is 3.95. The van der Waals surface area contributed by atoms with E-state index in [0.717, 1.165) is 29.9 Å². The molecule has 2 N–H and O–H groups in total. The number of carbonyl (C=O) groups is 1. The van der Waals surface area contributed by atoms with Gasteiger partial charge in [0.05, 0.1) is 12.6 Å². The summed E-state index contributed by atoms with van der Waals surface area (Å²) in [5.41, 5.74) is 3.01. The van der Waals surface area contributed by atoms with Crippen LogP contribution in [-0.2, 0) is 4.79 Å². The van der Waals surface area contributed by atoms with Gasteiger partial charge in [-0.25, -0.2) is 0 Å². The fourth-order valence-electron chi connectivity index (χ4n) is 3.38. The number of amides is 1. The number of aliphatic hydroxyl groups excluding tert-OH is 1. The molecule has 7 heteroatoms. The number of hydrogen-bond acceptors (Lipinski definition) is 4. The Kier molecular flexibility index (Phi) is 6.47. The number of aliphatic hydroxyl groups is 1. The zero-order valence-corrected chi connectivity index (χ0v) is 16.6. The molecule has 1 unspecified atom stereocenters. The SMILES string of the molecule is CC(Nc1cccc(N2CCN(C=O)[C@H](CO)C2)c1)c1ccc(Cl)cc1Cl. The molecule has 1 fully saturated rings. The lowest BCUT2D eigenvalue weighted by atomic mass is 10.1. The van der Waals surface area contributed by atoms with Crippen LogP contribution in [-0.4, -0.2) is 48.7 Å². The number of nitrogens with one attached hydrogen (secondary N) is 1. The average Bonchev–Trinajstić information content (AvgIpc) is 2.67. The molecule has 2 atom stereocenters. The summed E-state index contributed by atoms with van der Waals surface area (Å²) in [5, 5.41) is 14.3. The van der Waals surface area contributed by atoms with Crippen LogP contribution in [0.15, 0.2) is 42.5 Å². The Morgan fingerprint density at radius 3 is 2.78 bits per heavy atom. The van der Waals surface area contributed by atoms with Gasteiger partial charge in [-0.1, -0.05) is 35.3 Å². The summed E-state index contributed by atoms with van der Waals surface area (Å²) in [6, 6.07) is 13.5. The molecule has 144 valence electrons. The molecule has 0 aromatic heterocycles. The van der Waals surface area contributed by atoms with E-state index in [-0.39, 0.29) is 18.7 Å². The van der Waals surface area contributed by atoms with Crippen LogP contribution in [0, 0.1) is 0 Å². The Morgan fingerprint density at radius 2 is 2.07 bits per heavy atom. The van der Waals surface area contributed by atoms with Gasteiger partial charge in [-0.2, -0.15) is 0 Å². The summed E-state index contributed by atoms with van der Waals surface area (Å²) in [4.78, 5) is 14.9. The maximum atomic E-state index is 11.1. The normalized spacial score (nSPS) is 18.3. The lowest BCUT2D eigenvalue weighted by molar-refractivity contribution is -0.121. The van der Waals surface area contributed by atoms with Crippen LogP contribution in [0.3, 0.4) is 0 Å². The van der Waals surface area contributed by atoms with Gasteiger partial charge >= 0.3 is 0 Å². The van der Waals surface area contributed by atoms with Gasteiger partial charge < -0.3 is 20.2 Å². The summed E-state index contributed by atoms with van der Waals surface area (Å²) < 4.78 is 0. The maximum Gasteiger partial charge on any atom is 0.210 e. The van der Waals surface area contributed by atoms with Gasteiger partial charge in [-0.3, -0.25) is 4.79 Å². The zero-order valence-electron chi connectivity index (χ0n) is 15.1. The standard InChI is InChI=1S/C20H23Cl2N3O2/c1-14(19-6-5-15(21)9-20(19)22)23-16-3-2-4-17(10-16)24-7-8-25(13-27)18(11-24)12-26/h2-6,9-10,13-14,18,23,26H,7-8,11-12H2,1H3/t14?,18-/m0/s1. The van der Waals surface area contributed by atoms with E-state index in [4.69, 9.17) is 23.2 Å². The monoisotopic (exact) mass is 407 g/mol. The highest BCUT2D eigenvalue weighted by molar-refractivity contribution is 6.35. The third kappa shape index (κ3) is 4.67. The summed E-state index contributed by atoms with van der Waals surface area (Å²) in [5.74, 6) is 0. The number of benzene rings is 2. The number of nitrogens with zero attached hydrogens (tertiary/aromatic N) is 2. The first-order chi connectivity index (χ1) is 13.0. The molecule has 0 spiro atoms. The first kappa shape index (κ1) is 19.8. The van der Waals surface area contributed by atoms with E-state index in [1.165, 1.54) is 0 Å². The molecule has 27 heavy (non-hydrogen) atoms. The minimum Gasteiger partial charge on any atom is -0.394 e. The predicted octanol–water partition coefficient (Wildman–Crippen LogP) is 3.81. The minimum atomic E-state index is -0.181. The van der Waals surface area contributed by atoms with Crippen molar-refractivity contribution in [1.82, 2.24) is 4.90 Å². The molecule has 0 aliphatic carbocycles. The number of carbonyl (C=O) groups excluding carboxylic acids is 1. The fraction of sp³-hybridized carbons (Fsp3) is 0.350. The summed E-state index contributed by atoms with van der Waals surface area (Å²) in [7, 11) is 0. The predicted molar refractivity (Wildman–Crippen MR) is 111 cm³/mol. The topological polar surface area (TPSA) is 55.8 Å². The Morgan fingerprint density at radius 1 is 1.26 bits per heavy atom. The average molecular weight is 408 g/mol. The molecule has 2 aromatic carbocycles. The van der Waals surface area contributed by atoms with E-state index in [9.17, 15) is 9.90 Å². The number of anilines is 2. The third-order valence-corrected chi connectivity index (χ3v) is 5.46. The molecular weight excluding hydrogens is 385 g/mol. The highest BCUT2D eigenvalue weighted by Crippen LogP contribution is 2.30. The number of hydrogen-bond donors (Lipinski definition) is 2. The van der Waals surface area contributed by atoms with Crippen LogP contribution in [0.25, 0.3) is 0 Å². The van der Waals surface area contributed by atoms with Gasteiger partial charge in [0, 0.05) is 47.1 Å². The van der Waals surface area contributed by atoms with E-state index >= 15 is 0 Å². The molecule has 1 saturated heterocycles. The van der Waals surface area contributed by atoms with Crippen molar-refractivity contribution < 1.29 is 9.90 Å². The van der Waals surface area contributed by atoms with Crippen molar-refractivity contribution in [3.63, 3.8) is 0 Å². The van der Waals surface area contributed by atoms with Gasteiger partial charge in [0.2, 0.25) is 6.41 Å². The molecule has 2 aromatic rings. The smallest absolute Gasteiger partial charge is 0.210 e. The van der Waals surface area contributed by atoms with E-state index in [1.807, 2.05) is 37.3 Å². The van der Waals surface area contributed by atoms with Crippen molar-refractivity contribution in [3.05, 3.63) is 58.1 Å². The summed E-state index contributed by atoms with van der Waals surface area (Å²) >= 11 is 12.3. The van der Waals surface area contributed by atoms with Crippen LogP contribution in [0.4, 0.5) is 11.4 Å². The second kappa shape index (κ2) is 8.83. The van der Waals surface area contributed by atoms with E-state index in [1.54, 1.807) is 11.0 Å². The molecule has 3 rings (SSSR count). The highest BCUT2D eigenvalue weighted by Gasteiger charge is 2.25. The number of rotatable bonds is 6. The molecule has 1 aliphatic rings. The Labute approximate surface area is 169 Å². The zero-order chi connectivity index (χ0) is 19.4. The van der Waals surface area contributed by atoms with Gasteiger partial charge in [-0.05, 0) is 42.8 Å². The van der Waals surface area contributed by atoms with Crippen molar-refractivity contribution in [2.45, 2.75) is 19.0 Å². The first-order valence-electron chi connectivity index (χ1n) is 8.90. The van der Waals surface area contributed by atoms with Gasteiger partial charge in [0.25, 0.3) is 0 Å². The lowest BCUT2D eigenvalue weighted by Crippen LogP contribution is -2.54. The Bertz CT molecular complexity index is 803. The van der Waals surface area contributed by atoms with E-state index in [0.29, 0.717) is 23.1 Å². The molecular formula is C20H23Cl2N3O2. The third-order valence-electron chi connectivity index (χ3n) is 4.90. The quantitative estimate of drug-likeness (QED) is 0.714. The maximum absolute atomic E-state index is 11.1. The summed E-state index contributed by atoms with van der Waals surface area (Å²) in [6.45, 7) is 3.95.